The van der Waals surface area contributed by atoms with E-state index in [0.29, 0.717) is 0 Å². The first-order valence-electron chi connectivity index (χ1n) is 9.94. The van der Waals surface area contributed by atoms with E-state index in [-0.39, 0.29) is 0 Å². The second kappa shape index (κ2) is 9.70. The Bertz CT molecular complexity index is 274. The van der Waals surface area contributed by atoms with Crippen molar-refractivity contribution in [2.45, 2.75) is 97.3 Å². The van der Waals surface area contributed by atoms with Gasteiger partial charge in [-0.15, -0.1) is 0 Å². The lowest BCUT2D eigenvalue weighted by atomic mass is 9.75. The maximum Gasteiger partial charge on any atom is -0.0233 e. The lowest BCUT2D eigenvalue weighted by molar-refractivity contribution is 0.220. The van der Waals surface area contributed by atoms with Crippen molar-refractivity contribution in [2.75, 3.05) is 0 Å². The Morgan fingerprint density at radius 2 is 1.19 bits per heavy atom. The SMILES string of the molecule is C/C=C/C1CCC(CCC2CCC(CCCC)CC2)CC1. The number of hydrogen-bond donors (Lipinski definition) is 0. The molecule has 2 fully saturated rings. The predicted octanol–water partition coefficient (Wildman–Crippen LogP) is 7.15. The van der Waals surface area contributed by atoms with Gasteiger partial charge >= 0.3 is 0 Å². The molecule has 0 atom stereocenters. The molecule has 0 bridgehead atoms. The Morgan fingerprint density at radius 3 is 1.67 bits per heavy atom. The molecular weight excluding hydrogens is 252 g/mol. The van der Waals surface area contributed by atoms with Crippen molar-refractivity contribution in [1.29, 1.82) is 0 Å². The van der Waals surface area contributed by atoms with Gasteiger partial charge in [0, 0.05) is 0 Å². The summed E-state index contributed by atoms with van der Waals surface area (Å²) < 4.78 is 0. The van der Waals surface area contributed by atoms with Crippen molar-refractivity contribution in [2.24, 2.45) is 23.7 Å². The quantitative estimate of drug-likeness (QED) is 0.437. The minimum atomic E-state index is 0.903. The minimum Gasteiger partial charge on any atom is -0.0914 e. The van der Waals surface area contributed by atoms with Crippen LogP contribution in [0.25, 0.3) is 0 Å². The van der Waals surface area contributed by atoms with E-state index in [1.54, 1.807) is 32.1 Å². The zero-order valence-corrected chi connectivity index (χ0v) is 14.7. The topological polar surface area (TPSA) is 0 Å². The predicted molar refractivity (Wildman–Crippen MR) is 94.5 cm³/mol. The smallest absolute Gasteiger partial charge is 0.0233 e. The lowest BCUT2D eigenvalue weighted by Crippen LogP contribution is -2.17. The van der Waals surface area contributed by atoms with Crippen molar-refractivity contribution in [3.63, 3.8) is 0 Å². The minimum absolute atomic E-state index is 0.903. The van der Waals surface area contributed by atoms with Crippen LogP contribution in [0.3, 0.4) is 0 Å². The van der Waals surface area contributed by atoms with Gasteiger partial charge in [0.1, 0.15) is 0 Å². The maximum absolute atomic E-state index is 2.44. The van der Waals surface area contributed by atoms with Gasteiger partial charge in [-0.3, -0.25) is 0 Å². The van der Waals surface area contributed by atoms with Gasteiger partial charge in [0.2, 0.25) is 0 Å². The molecule has 0 aromatic carbocycles. The molecule has 21 heavy (non-hydrogen) atoms. The Labute approximate surface area is 133 Å². The molecule has 2 rings (SSSR count). The maximum atomic E-state index is 2.44. The monoisotopic (exact) mass is 290 g/mol. The standard InChI is InChI=1S/C21H38/c1-3-5-7-19-10-14-21(15-11-19)17-16-20-12-8-18(6-4-2)9-13-20/h4,6,18-21H,3,5,7-17H2,1-2H3/b6-4+. The molecule has 0 nitrogen and oxygen atoms in total. The second-order valence-corrected chi connectivity index (χ2v) is 7.91. The van der Waals surface area contributed by atoms with E-state index in [1.165, 1.54) is 51.4 Å². The molecule has 0 spiro atoms. The van der Waals surface area contributed by atoms with E-state index < -0.39 is 0 Å². The molecule has 2 aliphatic carbocycles. The van der Waals surface area contributed by atoms with Crippen LogP contribution in [-0.2, 0) is 0 Å². The molecule has 2 saturated carbocycles. The number of unbranched alkanes of at least 4 members (excludes halogenated alkanes) is 1. The zero-order chi connectivity index (χ0) is 14.9. The average molecular weight is 291 g/mol. The van der Waals surface area contributed by atoms with Gasteiger partial charge < -0.3 is 0 Å². The molecule has 0 radical (unpaired) electrons. The van der Waals surface area contributed by atoms with Gasteiger partial charge in [0.05, 0.1) is 0 Å². The van der Waals surface area contributed by atoms with Crippen molar-refractivity contribution in [1.82, 2.24) is 0 Å². The molecule has 122 valence electrons. The van der Waals surface area contributed by atoms with Crippen LogP contribution in [0, 0.1) is 23.7 Å². The number of hydrogen-bond acceptors (Lipinski definition) is 0. The summed E-state index contributed by atoms with van der Waals surface area (Å²) in [6.07, 6.45) is 24.2. The van der Waals surface area contributed by atoms with Crippen LogP contribution < -0.4 is 0 Å². The van der Waals surface area contributed by atoms with Crippen LogP contribution in [0.15, 0.2) is 12.2 Å². The molecule has 0 heterocycles. The van der Waals surface area contributed by atoms with Gasteiger partial charge in [0.25, 0.3) is 0 Å². The van der Waals surface area contributed by atoms with Crippen molar-refractivity contribution < 1.29 is 0 Å². The molecule has 0 saturated heterocycles. The summed E-state index contributed by atoms with van der Waals surface area (Å²) in [5.74, 6) is 4.12. The summed E-state index contributed by atoms with van der Waals surface area (Å²) in [7, 11) is 0. The highest BCUT2D eigenvalue weighted by molar-refractivity contribution is 4.89. The van der Waals surface area contributed by atoms with Gasteiger partial charge in [-0.25, -0.2) is 0 Å². The lowest BCUT2D eigenvalue weighted by Gasteiger charge is -2.31. The third kappa shape index (κ3) is 6.17. The van der Waals surface area contributed by atoms with Gasteiger partial charge in [-0.1, -0.05) is 76.9 Å². The molecule has 2 aliphatic rings. The average Bonchev–Trinajstić information content (AvgIpc) is 2.53. The summed E-state index contributed by atoms with van der Waals surface area (Å²) in [5, 5.41) is 0. The summed E-state index contributed by atoms with van der Waals surface area (Å²) in [6.45, 7) is 4.50. The molecule has 0 amide bonds. The molecule has 0 aromatic rings. The first kappa shape index (κ1) is 17.1. The third-order valence-corrected chi connectivity index (χ3v) is 6.27. The Hall–Kier alpha value is -0.260. The van der Waals surface area contributed by atoms with Crippen molar-refractivity contribution in [3.8, 4) is 0 Å². The summed E-state index contributed by atoms with van der Waals surface area (Å²) >= 11 is 0. The highest BCUT2D eigenvalue weighted by Gasteiger charge is 2.23. The van der Waals surface area contributed by atoms with Crippen LogP contribution in [0.2, 0.25) is 0 Å². The van der Waals surface area contributed by atoms with Crippen molar-refractivity contribution >= 4 is 0 Å². The first-order chi connectivity index (χ1) is 10.3. The van der Waals surface area contributed by atoms with E-state index in [2.05, 4.69) is 26.0 Å². The molecular formula is C21H38. The second-order valence-electron chi connectivity index (χ2n) is 7.91. The Balaban J connectivity index is 1.56. The van der Waals surface area contributed by atoms with Crippen LogP contribution in [-0.4, -0.2) is 0 Å². The van der Waals surface area contributed by atoms with E-state index in [1.807, 2.05) is 0 Å². The Kier molecular flexibility index (Phi) is 7.89. The van der Waals surface area contributed by atoms with Crippen molar-refractivity contribution in [3.05, 3.63) is 12.2 Å². The number of allylic oxidation sites excluding steroid dienone is 2. The number of rotatable bonds is 7. The largest absolute Gasteiger partial charge is 0.0914 e. The fraction of sp³-hybridized carbons (Fsp3) is 0.905. The fourth-order valence-electron chi connectivity index (χ4n) is 4.71. The fourth-order valence-corrected chi connectivity index (χ4v) is 4.71. The molecule has 0 N–H and O–H groups in total. The van der Waals surface area contributed by atoms with Gasteiger partial charge in [0.15, 0.2) is 0 Å². The van der Waals surface area contributed by atoms with Crippen LogP contribution in [0.5, 0.6) is 0 Å². The van der Waals surface area contributed by atoms with E-state index in [9.17, 15) is 0 Å². The van der Waals surface area contributed by atoms with E-state index >= 15 is 0 Å². The van der Waals surface area contributed by atoms with Gasteiger partial charge in [-0.05, 0) is 56.3 Å². The van der Waals surface area contributed by atoms with Crippen LogP contribution >= 0.6 is 0 Å². The third-order valence-electron chi connectivity index (χ3n) is 6.27. The molecule has 0 aromatic heterocycles. The highest BCUT2D eigenvalue weighted by atomic mass is 14.3. The highest BCUT2D eigenvalue weighted by Crippen LogP contribution is 2.37. The van der Waals surface area contributed by atoms with Crippen LogP contribution in [0.4, 0.5) is 0 Å². The van der Waals surface area contributed by atoms with E-state index in [0.717, 1.165) is 23.7 Å². The zero-order valence-electron chi connectivity index (χ0n) is 14.7. The van der Waals surface area contributed by atoms with Crippen LogP contribution in [0.1, 0.15) is 97.3 Å². The summed E-state index contributed by atoms with van der Waals surface area (Å²) in [5.41, 5.74) is 0. The Morgan fingerprint density at radius 1 is 0.714 bits per heavy atom. The summed E-state index contributed by atoms with van der Waals surface area (Å²) in [4.78, 5) is 0. The first-order valence-corrected chi connectivity index (χ1v) is 9.94. The molecule has 0 aliphatic heterocycles. The molecule has 0 heteroatoms. The van der Waals surface area contributed by atoms with Gasteiger partial charge in [-0.2, -0.15) is 0 Å². The normalized spacial score (nSPS) is 34.4. The summed E-state index contributed by atoms with van der Waals surface area (Å²) in [6, 6.07) is 0. The van der Waals surface area contributed by atoms with E-state index in [4.69, 9.17) is 0 Å². The molecule has 0 unspecified atom stereocenters.